The minimum absolute atomic E-state index is 0.803. The molecule has 0 spiro atoms. The maximum absolute atomic E-state index is 5.82. The van der Waals surface area contributed by atoms with Gasteiger partial charge < -0.3 is 10.7 Å². The van der Waals surface area contributed by atoms with Crippen molar-refractivity contribution < 1.29 is 0 Å². The summed E-state index contributed by atoms with van der Waals surface area (Å²) in [6, 6.07) is 3.96. The van der Waals surface area contributed by atoms with Gasteiger partial charge in [-0.25, -0.2) is 4.98 Å². The Morgan fingerprint density at radius 1 is 1.33 bits per heavy atom. The van der Waals surface area contributed by atoms with Crippen molar-refractivity contribution in [3.8, 4) is 0 Å². The molecule has 0 aliphatic heterocycles. The molecule has 0 radical (unpaired) electrons. The summed E-state index contributed by atoms with van der Waals surface area (Å²) in [6.07, 6.45) is 0. The van der Waals surface area contributed by atoms with Crippen molar-refractivity contribution in [1.82, 2.24) is 9.97 Å². The third kappa shape index (κ3) is 0.863. The van der Waals surface area contributed by atoms with E-state index in [1.807, 2.05) is 26.0 Å². The molecule has 0 unspecified atom stereocenters. The number of nitrogens with one attached hydrogen (secondary N) is 1. The second-order valence-electron chi connectivity index (χ2n) is 3.01. The molecule has 3 N–H and O–H groups in total. The van der Waals surface area contributed by atoms with E-state index in [9.17, 15) is 0 Å². The summed E-state index contributed by atoms with van der Waals surface area (Å²) < 4.78 is 0. The number of anilines is 1. The van der Waals surface area contributed by atoms with Gasteiger partial charge in [0.05, 0.1) is 5.69 Å². The first-order valence-electron chi connectivity index (χ1n) is 3.90. The van der Waals surface area contributed by atoms with Crippen LogP contribution in [0.2, 0.25) is 0 Å². The van der Waals surface area contributed by atoms with Crippen molar-refractivity contribution in [2.24, 2.45) is 0 Å². The van der Waals surface area contributed by atoms with E-state index in [1.165, 1.54) is 0 Å². The Morgan fingerprint density at radius 3 is 2.83 bits per heavy atom. The molecule has 0 atom stereocenters. The highest BCUT2D eigenvalue weighted by molar-refractivity contribution is 5.90. The van der Waals surface area contributed by atoms with Crippen LogP contribution in [0, 0.1) is 13.8 Å². The molecule has 3 heteroatoms. The molecule has 0 amide bonds. The van der Waals surface area contributed by atoms with E-state index in [0.29, 0.717) is 0 Å². The number of fused-ring (bicyclic) bond motifs is 1. The van der Waals surface area contributed by atoms with Gasteiger partial charge in [0.25, 0.3) is 0 Å². The third-order valence-corrected chi connectivity index (χ3v) is 2.03. The van der Waals surface area contributed by atoms with Gasteiger partial charge in [0.15, 0.2) is 0 Å². The number of aromatic amines is 1. The van der Waals surface area contributed by atoms with E-state index in [1.54, 1.807) is 0 Å². The van der Waals surface area contributed by atoms with Gasteiger partial charge in [0.1, 0.15) is 5.65 Å². The Hall–Kier alpha value is -1.51. The molecular weight excluding hydrogens is 150 g/mol. The fourth-order valence-corrected chi connectivity index (χ4v) is 1.32. The van der Waals surface area contributed by atoms with Crippen LogP contribution < -0.4 is 5.73 Å². The smallest absolute Gasteiger partial charge is 0.139 e. The van der Waals surface area contributed by atoms with Gasteiger partial charge in [-0.1, -0.05) is 0 Å². The molecular formula is C9H11N3. The average molecular weight is 161 g/mol. The van der Waals surface area contributed by atoms with E-state index in [2.05, 4.69) is 9.97 Å². The zero-order chi connectivity index (χ0) is 8.72. The summed E-state index contributed by atoms with van der Waals surface area (Å²) in [5.74, 6) is 0. The first kappa shape index (κ1) is 7.16. The summed E-state index contributed by atoms with van der Waals surface area (Å²) in [5.41, 5.74) is 9.49. The molecule has 2 rings (SSSR count). The van der Waals surface area contributed by atoms with Crippen LogP contribution in [-0.2, 0) is 0 Å². The highest BCUT2D eigenvalue weighted by Gasteiger charge is 2.04. The fourth-order valence-electron chi connectivity index (χ4n) is 1.32. The first-order chi connectivity index (χ1) is 5.68. The number of nitrogens with two attached hydrogens (primary N) is 1. The number of hydrogen-bond donors (Lipinski definition) is 2. The minimum atomic E-state index is 0.803. The van der Waals surface area contributed by atoms with Gasteiger partial charge in [0, 0.05) is 16.8 Å². The Morgan fingerprint density at radius 2 is 2.08 bits per heavy atom. The van der Waals surface area contributed by atoms with E-state index in [0.717, 1.165) is 28.1 Å². The number of aromatic nitrogens is 2. The predicted octanol–water partition coefficient (Wildman–Crippen LogP) is 1.76. The Balaban J connectivity index is 2.87. The minimum Gasteiger partial charge on any atom is -0.397 e. The lowest BCUT2D eigenvalue weighted by Gasteiger charge is -1.91. The Bertz CT molecular complexity index is 429. The van der Waals surface area contributed by atoms with Crippen LogP contribution in [0.25, 0.3) is 11.0 Å². The molecule has 0 aromatic carbocycles. The molecule has 0 aliphatic carbocycles. The lowest BCUT2D eigenvalue weighted by atomic mass is 10.2. The van der Waals surface area contributed by atoms with Crippen LogP contribution in [0.5, 0.6) is 0 Å². The molecule has 0 saturated carbocycles. The number of pyridine rings is 1. The lowest BCUT2D eigenvalue weighted by molar-refractivity contribution is 1.20. The lowest BCUT2D eigenvalue weighted by Crippen LogP contribution is -1.84. The van der Waals surface area contributed by atoms with Crippen molar-refractivity contribution >= 4 is 16.7 Å². The first-order valence-corrected chi connectivity index (χ1v) is 3.90. The topological polar surface area (TPSA) is 54.7 Å². The van der Waals surface area contributed by atoms with Crippen molar-refractivity contribution in [3.63, 3.8) is 0 Å². The van der Waals surface area contributed by atoms with Gasteiger partial charge >= 0.3 is 0 Å². The van der Waals surface area contributed by atoms with E-state index >= 15 is 0 Å². The second-order valence-corrected chi connectivity index (χ2v) is 3.01. The van der Waals surface area contributed by atoms with Gasteiger partial charge in [0.2, 0.25) is 0 Å². The SMILES string of the molecule is Cc1ccc2c(N)c(C)[nH]c2n1. The number of nitrogens with zero attached hydrogens (tertiary/aromatic N) is 1. The van der Waals surface area contributed by atoms with Crippen LogP contribution in [-0.4, -0.2) is 9.97 Å². The number of aryl methyl sites for hydroxylation is 2. The van der Waals surface area contributed by atoms with Crippen molar-refractivity contribution in [3.05, 3.63) is 23.5 Å². The van der Waals surface area contributed by atoms with Gasteiger partial charge in [-0.05, 0) is 26.0 Å². The summed E-state index contributed by atoms with van der Waals surface area (Å²) in [7, 11) is 0. The summed E-state index contributed by atoms with van der Waals surface area (Å²) in [6.45, 7) is 3.91. The Kier molecular flexibility index (Phi) is 1.33. The molecule has 0 saturated heterocycles. The largest absolute Gasteiger partial charge is 0.397 e. The molecule has 12 heavy (non-hydrogen) atoms. The van der Waals surface area contributed by atoms with Gasteiger partial charge in [-0.15, -0.1) is 0 Å². The zero-order valence-electron chi connectivity index (χ0n) is 7.18. The molecule has 3 nitrogen and oxygen atoms in total. The molecule has 62 valence electrons. The van der Waals surface area contributed by atoms with Gasteiger partial charge in [-0.2, -0.15) is 0 Å². The standard InChI is InChI=1S/C9H11N3/c1-5-3-4-7-8(10)6(2)12-9(7)11-5/h3-4H,10H2,1-2H3,(H,11,12). The van der Waals surface area contributed by atoms with E-state index in [-0.39, 0.29) is 0 Å². The normalized spacial score (nSPS) is 10.8. The summed E-state index contributed by atoms with van der Waals surface area (Å²) in [4.78, 5) is 7.45. The summed E-state index contributed by atoms with van der Waals surface area (Å²) >= 11 is 0. The van der Waals surface area contributed by atoms with Crippen LogP contribution in [0.1, 0.15) is 11.4 Å². The molecule has 2 heterocycles. The molecule has 2 aromatic rings. The summed E-state index contributed by atoms with van der Waals surface area (Å²) in [5, 5.41) is 1.01. The molecule has 2 aromatic heterocycles. The molecule has 0 bridgehead atoms. The quantitative estimate of drug-likeness (QED) is 0.618. The van der Waals surface area contributed by atoms with Crippen LogP contribution in [0.15, 0.2) is 12.1 Å². The van der Waals surface area contributed by atoms with Crippen molar-refractivity contribution in [1.29, 1.82) is 0 Å². The number of nitrogen functional groups attached to an aromatic ring is 1. The second kappa shape index (κ2) is 2.24. The van der Waals surface area contributed by atoms with E-state index < -0.39 is 0 Å². The van der Waals surface area contributed by atoms with Crippen LogP contribution in [0.3, 0.4) is 0 Å². The predicted molar refractivity (Wildman–Crippen MR) is 50.0 cm³/mol. The average Bonchev–Trinajstić information content (AvgIpc) is 2.28. The number of H-pyrrole nitrogens is 1. The molecule has 0 aliphatic rings. The highest BCUT2D eigenvalue weighted by Crippen LogP contribution is 2.22. The highest BCUT2D eigenvalue weighted by atomic mass is 14.9. The van der Waals surface area contributed by atoms with Crippen molar-refractivity contribution in [2.75, 3.05) is 5.73 Å². The third-order valence-electron chi connectivity index (χ3n) is 2.03. The monoisotopic (exact) mass is 161 g/mol. The van der Waals surface area contributed by atoms with Crippen molar-refractivity contribution in [2.45, 2.75) is 13.8 Å². The van der Waals surface area contributed by atoms with Gasteiger partial charge in [-0.3, -0.25) is 0 Å². The zero-order valence-corrected chi connectivity index (χ0v) is 7.18. The van der Waals surface area contributed by atoms with Crippen LogP contribution in [0.4, 0.5) is 5.69 Å². The molecule has 0 fully saturated rings. The Labute approximate surface area is 70.6 Å². The maximum Gasteiger partial charge on any atom is 0.139 e. The number of rotatable bonds is 0. The maximum atomic E-state index is 5.82. The van der Waals surface area contributed by atoms with Crippen LogP contribution >= 0.6 is 0 Å². The van der Waals surface area contributed by atoms with E-state index in [4.69, 9.17) is 5.73 Å². The fraction of sp³-hybridized carbons (Fsp3) is 0.222. The number of hydrogen-bond acceptors (Lipinski definition) is 2.